The van der Waals surface area contributed by atoms with Crippen LogP contribution in [0.15, 0.2) is 59.8 Å². The molecular formula is C21H17Cl2NO2. The van der Waals surface area contributed by atoms with Gasteiger partial charge in [-0.15, -0.1) is 0 Å². The maximum absolute atomic E-state index is 13.0. The second-order valence-electron chi connectivity index (χ2n) is 6.62. The Morgan fingerprint density at radius 2 is 1.73 bits per heavy atom. The van der Waals surface area contributed by atoms with Gasteiger partial charge >= 0.3 is 0 Å². The number of allylic oxidation sites excluding steroid dienone is 2. The topological polar surface area (TPSA) is 37.4 Å². The van der Waals surface area contributed by atoms with E-state index in [4.69, 9.17) is 23.2 Å². The molecule has 0 spiro atoms. The molecule has 0 N–H and O–H groups in total. The van der Waals surface area contributed by atoms with Gasteiger partial charge in [0.15, 0.2) is 5.78 Å². The molecule has 1 atom stereocenters. The maximum atomic E-state index is 13.0. The smallest absolute Gasteiger partial charge is 0.232 e. The van der Waals surface area contributed by atoms with Crippen LogP contribution in [0.2, 0.25) is 10.0 Å². The second kappa shape index (κ2) is 6.90. The largest absolute Gasteiger partial charge is 0.294 e. The number of rotatable bonds is 2. The third-order valence-electron chi connectivity index (χ3n) is 5.03. The summed E-state index contributed by atoms with van der Waals surface area (Å²) in [7, 11) is 0. The number of anilines is 1. The van der Waals surface area contributed by atoms with Crippen molar-refractivity contribution >= 4 is 40.6 Å². The summed E-state index contributed by atoms with van der Waals surface area (Å²) in [6.07, 6.45) is 2.21. The molecule has 1 heterocycles. The Kier molecular flexibility index (Phi) is 4.60. The van der Waals surface area contributed by atoms with Crippen molar-refractivity contribution in [3.05, 3.63) is 75.4 Å². The van der Waals surface area contributed by atoms with E-state index in [9.17, 15) is 9.59 Å². The predicted octanol–water partition coefficient (Wildman–Crippen LogP) is 5.52. The molecule has 0 saturated carbocycles. The summed E-state index contributed by atoms with van der Waals surface area (Å²) in [6, 6.07) is 14.8. The monoisotopic (exact) mass is 385 g/mol. The predicted molar refractivity (Wildman–Crippen MR) is 104 cm³/mol. The zero-order valence-electron chi connectivity index (χ0n) is 14.0. The van der Waals surface area contributed by atoms with Crippen molar-refractivity contribution in [1.82, 2.24) is 0 Å². The van der Waals surface area contributed by atoms with E-state index in [1.165, 1.54) is 0 Å². The van der Waals surface area contributed by atoms with Crippen LogP contribution >= 0.6 is 23.2 Å². The lowest BCUT2D eigenvalue weighted by Crippen LogP contribution is -2.40. The molecule has 2 aromatic rings. The molecule has 1 aliphatic carbocycles. The molecule has 0 radical (unpaired) electrons. The van der Waals surface area contributed by atoms with E-state index >= 15 is 0 Å². The molecule has 0 aromatic heterocycles. The number of para-hydroxylation sites is 1. The first-order chi connectivity index (χ1) is 12.6. The lowest BCUT2D eigenvalue weighted by Gasteiger charge is -2.38. The first kappa shape index (κ1) is 17.3. The highest BCUT2D eigenvalue weighted by molar-refractivity contribution is 6.35. The fraction of sp³-hybridized carbons (Fsp3) is 0.238. The average Bonchev–Trinajstić information content (AvgIpc) is 2.62. The summed E-state index contributed by atoms with van der Waals surface area (Å²) in [5, 5.41) is 1.03. The van der Waals surface area contributed by atoms with Gasteiger partial charge in [-0.05, 0) is 42.7 Å². The zero-order valence-corrected chi connectivity index (χ0v) is 15.6. The number of benzene rings is 2. The summed E-state index contributed by atoms with van der Waals surface area (Å²) in [6.45, 7) is 0. The van der Waals surface area contributed by atoms with Crippen LogP contribution in [0.5, 0.6) is 0 Å². The number of hydrogen-bond acceptors (Lipinski definition) is 2. The SMILES string of the molecule is O=C1CCCC2=C1[C@H](c1ccc(Cl)cc1Cl)CC(=O)N2c1ccccc1. The number of ketones is 1. The fourth-order valence-corrected chi connectivity index (χ4v) is 4.46. The van der Waals surface area contributed by atoms with E-state index in [0.717, 1.165) is 28.9 Å². The molecule has 0 bridgehead atoms. The first-order valence-electron chi connectivity index (χ1n) is 8.65. The molecule has 3 nitrogen and oxygen atoms in total. The molecule has 0 fully saturated rings. The summed E-state index contributed by atoms with van der Waals surface area (Å²) >= 11 is 12.4. The Morgan fingerprint density at radius 1 is 0.962 bits per heavy atom. The normalized spacial score (nSPS) is 20.4. The van der Waals surface area contributed by atoms with Crippen LogP contribution in [-0.4, -0.2) is 11.7 Å². The number of hydrogen-bond donors (Lipinski definition) is 0. The van der Waals surface area contributed by atoms with Crippen molar-refractivity contribution in [3.63, 3.8) is 0 Å². The molecule has 5 heteroatoms. The van der Waals surface area contributed by atoms with Crippen LogP contribution in [0.4, 0.5) is 5.69 Å². The van der Waals surface area contributed by atoms with Gasteiger partial charge in [-0.25, -0.2) is 0 Å². The number of carbonyl (C=O) groups is 2. The van der Waals surface area contributed by atoms with Crippen LogP contribution in [0.1, 0.15) is 37.2 Å². The van der Waals surface area contributed by atoms with Gasteiger partial charge in [0.1, 0.15) is 0 Å². The van der Waals surface area contributed by atoms with Gasteiger partial charge in [0.05, 0.1) is 0 Å². The van der Waals surface area contributed by atoms with Gasteiger partial charge in [-0.1, -0.05) is 47.5 Å². The van der Waals surface area contributed by atoms with E-state index in [-0.39, 0.29) is 24.0 Å². The van der Waals surface area contributed by atoms with Crippen LogP contribution in [-0.2, 0) is 9.59 Å². The minimum atomic E-state index is -0.310. The molecular weight excluding hydrogens is 369 g/mol. The lowest BCUT2D eigenvalue weighted by atomic mass is 9.77. The molecule has 0 saturated heterocycles. The first-order valence-corrected chi connectivity index (χ1v) is 9.41. The van der Waals surface area contributed by atoms with Gasteiger partial charge in [-0.2, -0.15) is 0 Å². The Bertz CT molecular complexity index is 921. The standard InChI is InChI=1S/C21H17Cl2NO2/c22-13-9-10-15(17(23)11-13)16-12-20(26)24(14-5-2-1-3-6-14)18-7-4-8-19(25)21(16)18/h1-3,5-6,9-11,16H,4,7-8,12H2/t16-/m0/s1. The number of halogens is 2. The van der Waals surface area contributed by atoms with E-state index in [2.05, 4.69) is 0 Å². The van der Waals surface area contributed by atoms with Crippen LogP contribution < -0.4 is 4.90 Å². The zero-order chi connectivity index (χ0) is 18.3. The second-order valence-corrected chi connectivity index (χ2v) is 7.47. The van der Waals surface area contributed by atoms with Crippen LogP contribution in [0.25, 0.3) is 0 Å². The lowest BCUT2D eigenvalue weighted by molar-refractivity contribution is -0.119. The van der Waals surface area contributed by atoms with E-state index in [1.54, 1.807) is 17.0 Å². The van der Waals surface area contributed by atoms with Crippen molar-refractivity contribution in [2.75, 3.05) is 4.90 Å². The van der Waals surface area contributed by atoms with Crippen LogP contribution in [0, 0.1) is 0 Å². The van der Waals surface area contributed by atoms with Crippen molar-refractivity contribution in [1.29, 1.82) is 0 Å². The van der Waals surface area contributed by atoms with Crippen molar-refractivity contribution < 1.29 is 9.59 Å². The molecule has 0 unspecified atom stereocenters. The minimum absolute atomic E-state index is 0.0133. The van der Waals surface area contributed by atoms with Gasteiger partial charge in [-0.3, -0.25) is 14.5 Å². The molecule has 4 rings (SSSR count). The van der Waals surface area contributed by atoms with Crippen molar-refractivity contribution in [3.8, 4) is 0 Å². The Balaban J connectivity index is 1.88. The van der Waals surface area contributed by atoms with Crippen molar-refractivity contribution in [2.24, 2.45) is 0 Å². The Hall–Kier alpha value is -2.10. The molecule has 2 aliphatic rings. The van der Waals surface area contributed by atoms with Crippen molar-refractivity contribution in [2.45, 2.75) is 31.6 Å². The number of Topliss-reactive ketones (excluding diaryl/α,β-unsaturated/α-hetero) is 1. The van der Waals surface area contributed by atoms with E-state index in [1.807, 2.05) is 36.4 Å². The van der Waals surface area contributed by atoms with Gasteiger partial charge < -0.3 is 0 Å². The highest BCUT2D eigenvalue weighted by Crippen LogP contribution is 2.45. The Morgan fingerprint density at radius 3 is 2.46 bits per heavy atom. The van der Waals surface area contributed by atoms with E-state index in [0.29, 0.717) is 22.9 Å². The molecule has 132 valence electrons. The molecule has 2 aromatic carbocycles. The van der Waals surface area contributed by atoms with E-state index < -0.39 is 0 Å². The highest BCUT2D eigenvalue weighted by atomic mass is 35.5. The summed E-state index contributed by atoms with van der Waals surface area (Å²) in [5.41, 5.74) is 3.14. The number of carbonyl (C=O) groups excluding carboxylic acids is 2. The third kappa shape index (κ3) is 2.95. The average molecular weight is 386 g/mol. The van der Waals surface area contributed by atoms with Gasteiger partial charge in [0.25, 0.3) is 0 Å². The molecule has 1 aliphatic heterocycles. The third-order valence-corrected chi connectivity index (χ3v) is 5.59. The maximum Gasteiger partial charge on any atom is 0.232 e. The summed E-state index contributed by atoms with van der Waals surface area (Å²) in [4.78, 5) is 27.6. The number of amides is 1. The Labute approximate surface area is 162 Å². The van der Waals surface area contributed by atoms with Gasteiger partial charge in [0, 0.05) is 45.8 Å². The number of nitrogens with zero attached hydrogens (tertiary/aromatic N) is 1. The quantitative estimate of drug-likeness (QED) is 0.682. The van der Waals surface area contributed by atoms with Gasteiger partial charge in [0.2, 0.25) is 5.91 Å². The highest BCUT2D eigenvalue weighted by Gasteiger charge is 2.40. The van der Waals surface area contributed by atoms with Crippen LogP contribution in [0.3, 0.4) is 0 Å². The molecule has 1 amide bonds. The minimum Gasteiger partial charge on any atom is -0.294 e. The molecule has 26 heavy (non-hydrogen) atoms. The summed E-state index contributed by atoms with van der Waals surface area (Å²) < 4.78 is 0. The summed E-state index contributed by atoms with van der Waals surface area (Å²) in [5.74, 6) is -0.216. The fourth-order valence-electron chi connectivity index (χ4n) is 3.92.